The van der Waals surface area contributed by atoms with E-state index in [1.807, 2.05) is 0 Å². The van der Waals surface area contributed by atoms with Crippen LogP contribution in [-0.2, 0) is 6.61 Å². The summed E-state index contributed by atoms with van der Waals surface area (Å²) in [6.07, 6.45) is 6.64. The van der Waals surface area contributed by atoms with Gasteiger partial charge in [0.2, 0.25) is 5.95 Å². The Morgan fingerprint density at radius 1 is 1.35 bits per heavy atom. The lowest BCUT2D eigenvalue weighted by Gasteiger charge is -2.05. The fraction of sp³-hybridized carbons (Fsp3) is 0.133. The topological polar surface area (TPSA) is 91.1 Å². The molecule has 7 nitrogen and oxygen atoms in total. The molecule has 0 saturated carbocycles. The Kier molecular flexibility index (Phi) is 2.98. The molecule has 0 aliphatic heterocycles. The summed E-state index contributed by atoms with van der Waals surface area (Å²) in [4.78, 5) is 15.6. The number of rotatable bonds is 3. The Bertz CT molecular complexity index is 1020. The molecule has 0 radical (unpaired) electrons. The second-order valence-electron chi connectivity index (χ2n) is 5.09. The molecule has 0 aliphatic carbocycles. The molecular weight excluding hydrogens is 299 g/mol. The molecule has 3 N–H and O–H groups in total. The monoisotopic (exact) mass is 312 g/mol. The maximum absolute atomic E-state index is 14.3. The van der Waals surface area contributed by atoms with Crippen molar-refractivity contribution in [3.05, 3.63) is 42.4 Å². The Hall–Kier alpha value is -3.00. The van der Waals surface area contributed by atoms with Crippen molar-refractivity contribution in [2.45, 2.75) is 6.61 Å². The van der Waals surface area contributed by atoms with Gasteiger partial charge in [-0.1, -0.05) is 0 Å². The van der Waals surface area contributed by atoms with Crippen molar-refractivity contribution in [1.82, 2.24) is 24.3 Å². The van der Waals surface area contributed by atoms with Gasteiger partial charge in [-0.15, -0.1) is 0 Å². The fourth-order valence-corrected chi connectivity index (χ4v) is 2.63. The minimum atomic E-state index is -0.454. The smallest absolute Gasteiger partial charge is 0.224 e. The van der Waals surface area contributed by atoms with E-state index in [1.165, 1.54) is 12.3 Å². The van der Waals surface area contributed by atoms with Crippen molar-refractivity contribution < 1.29 is 9.50 Å². The molecule has 0 fully saturated rings. The van der Waals surface area contributed by atoms with Gasteiger partial charge < -0.3 is 15.4 Å². The highest BCUT2D eigenvalue weighted by molar-refractivity contribution is 5.93. The van der Waals surface area contributed by atoms with E-state index >= 15 is 0 Å². The van der Waals surface area contributed by atoms with Crippen molar-refractivity contribution in [2.75, 3.05) is 12.4 Å². The molecular formula is C15H13FN6O. The van der Waals surface area contributed by atoms with E-state index in [4.69, 9.17) is 0 Å². The highest BCUT2D eigenvalue weighted by atomic mass is 19.1. The predicted octanol–water partition coefficient (Wildman–Crippen LogP) is 1.95. The Morgan fingerprint density at radius 2 is 2.22 bits per heavy atom. The zero-order valence-electron chi connectivity index (χ0n) is 12.2. The number of halogens is 1. The normalized spacial score (nSPS) is 11.4. The number of aromatic amines is 1. The summed E-state index contributed by atoms with van der Waals surface area (Å²) in [5.74, 6) is 0.0500. The zero-order chi connectivity index (χ0) is 16.0. The molecule has 0 saturated heterocycles. The average Bonchev–Trinajstić information content (AvgIpc) is 3.17. The summed E-state index contributed by atoms with van der Waals surface area (Å²) in [6.45, 7) is -0.216. The highest BCUT2D eigenvalue weighted by Gasteiger charge is 2.14. The number of aromatic nitrogens is 5. The van der Waals surface area contributed by atoms with Gasteiger partial charge in [0, 0.05) is 42.2 Å². The van der Waals surface area contributed by atoms with Gasteiger partial charge in [0.05, 0.1) is 18.5 Å². The van der Waals surface area contributed by atoms with E-state index in [9.17, 15) is 9.50 Å². The van der Waals surface area contributed by atoms with Gasteiger partial charge in [0.15, 0.2) is 11.5 Å². The summed E-state index contributed by atoms with van der Waals surface area (Å²) in [6, 6.07) is 1.41. The quantitative estimate of drug-likeness (QED) is 0.538. The van der Waals surface area contributed by atoms with E-state index in [1.54, 1.807) is 30.0 Å². The number of aliphatic hydroxyl groups is 1. The van der Waals surface area contributed by atoms with Crippen LogP contribution in [0.3, 0.4) is 0 Å². The lowest BCUT2D eigenvalue weighted by molar-refractivity contribution is 0.276. The number of hydrogen-bond donors (Lipinski definition) is 3. The van der Waals surface area contributed by atoms with Crippen molar-refractivity contribution >= 4 is 22.6 Å². The SMILES string of the molecule is CNc1ncc2c(-c3cc(F)c4ncc(CO)n4c3)c[nH]c2n1. The summed E-state index contributed by atoms with van der Waals surface area (Å²) in [5.41, 5.74) is 2.80. The largest absolute Gasteiger partial charge is 0.390 e. The first kappa shape index (κ1) is 13.6. The first-order chi connectivity index (χ1) is 11.2. The van der Waals surface area contributed by atoms with Crippen LogP contribution in [0.25, 0.3) is 27.8 Å². The van der Waals surface area contributed by atoms with Gasteiger partial charge in [-0.3, -0.25) is 4.40 Å². The fourth-order valence-electron chi connectivity index (χ4n) is 2.63. The first-order valence-corrected chi connectivity index (χ1v) is 7.00. The van der Waals surface area contributed by atoms with Crippen LogP contribution >= 0.6 is 0 Å². The minimum Gasteiger partial charge on any atom is -0.390 e. The second-order valence-corrected chi connectivity index (χ2v) is 5.09. The lowest BCUT2D eigenvalue weighted by atomic mass is 10.1. The number of nitrogens with zero attached hydrogens (tertiary/aromatic N) is 4. The molecule has 4 heterocycles. The number of H-pyrrole nitrogens is 1. The van der Waals surface area contributed by atoms with Crippen LogP contribution in [0.5, 0.6) is 0 Å². The second kappa shape index (κ2) is 5.03. The number of imidazole rings is 1. The molecule has 0 spiro atoms. The van der Waals surface area contributed by atoms with E-state index in [0.29, 0.717) is 22.9 Å². The Balaban J connectivity index is 1.95. The molecule has 4 aromatic heterocycles. The van der Waals surface area contributed by atoms with Crippen LogP contribution < -0.4 is 5.32 Å². The van der Waals surface area contributed by atoms with Gasteiger partial charge in [-0.2, -0.15) is 4.98 Å². The number of hydrogen-bond acceptors (Lipinski definition) is 5. The average molecular weight is 312 g/mol. The Labute approximate surface area is 129 Å². The van der Waals surface area contributed by atoms with E-state index in [2.05, 4.69) is 25.3 Å². The summed E-state index contributed by atoms with van der Waals surface area (Å²) in [5, 5.41) is 13.0. The van der Waals surface area contributed by atoms with E-state index < -0.39 is 5.82 Å². The molecule has 116 valence electrons. The van der Waals surface area contributed by atoms with Crippen LogP contribution in [0, 0.1) is 5.82 Å². The number of fused-ring (bicyclic) bond motifs is 2. The molecule has 4 rings (SSSR count). The van der Waals surface area contributed by atoms with E-state index in [-0.39, 0.29) is 12.3 Å². The van der Waals surface area contributed by atoms with Crippen LogP contribution in [-0.4, -0.2) is 36.5 Å². The third-order valence-electron chi connectivity index (χ3n) is 3.77. The van der Waals surface area contributed by atoms with Crippen molar-refractivity contribution in [2.24, 2.45) is 0 Å². The van der Waals surface area contributed by atoms with Crippen LogP contribution in [0.4, 0.5) is 10.3 Å². The maximum atomic E-state index is 14.3. The first-order valence-electron chi connectivity index (χ1n) is 7.00. The number of aliphatic hydroxyl groups excluding tert-OH is 1. The lowest BCUT2D eigenvalue weighted by Crippen LogP contribution is -1.96. The molecule has 0 atom stereocenters. The van der Waals surface area contributed by atoms with Gasteiger partial charge in [0.1, 0.15) is 5.65 Å². The third kappa shape index (κ3) is 2.03. The maximum Gasteiger partial charge on any atom is 0.224 e. The predicted molar refractivity (Wildman–Crippen MR) is 83.5 cm³/mol. The number of nitrogens with one attached hydrogen (secondary N) is 2. The highest BCUT2D eigenvalue weighted by Crippen LogP contribution is 2.29. The molecule has 0 aromatic carbocycles. The summed E-state index contributed by atoms with van der Waals surface area (Å²) >= 11 is 0. The van der Waals surface area contributed by atoms with Gasteiger partial charge in [-0.05, 0) is 6.07 Å². The van der Waals surface area contributed by atoms with Crippen LogP contribution in [0.1, 0.15) is 5.69 Å². The third-order valence-corrected chi connectivity index (χ3v) is 3.77. The van der Waals surface area contributed by atoms with Gasteiger partial charge in [-0.25, -0.2) is 14.4 Å². The van der Waals surface area contributed by atoms with Crippen LogP contribution in [0.2, 0.25) is 0 Å². The van der Waals surface area contributed by atoms with Gasteiger partial charge >= 0.3 is 0 Å². The van der Waals surface area contributed by atoms with Gasteiger partial charge in [0.25, 0.3) is 0 Å². The van der Waals surface area contributed by atoms with Crippen LogP contribution in [0.15, 0.2) is 30.9 Å². The molecule has 0 aliphatic rings. The molecule has 4 aromatic rings. The standard InChI is InChI=1S/C15H13FN6O/c1-17-15-20-5-11-10(4-18-13(11)21-15)8-2-12(16)14-19-3-9(7-23)22(14)6-8/h2-6,23H,7H2,1H3,(H2,17,18,20,21). The Morgan fingerprint density at radius 3 is 3.00 bits per heavy atom. The number of anilines is 1. The molecule has 0 unspecified atom stereocenters. The zero-order valence-corrected chi connectivity index (χ0v) is 12.2. The summed E-state index contributed by atoms with van der Waals surface area (Å²) in [7, 11) is 1.74. The van der Waals surface area contributed by atoms with Crippen molar-refractivity contribution in [3.63, 3.8) is 0 Å². The van der Waals surface area contributed by atoms with E-state index in [0.717, 1.165) is 10.9 Å². The summed E-state index contributed by atoms with van der Waals surface area (Å²) < 4.78 is 15.8. The minimum absolute atomic E-state index is 0.186. The molecule has 23 heavy (non-hydrogen) atoms. The molecule has 0 amide bonds. The molecule has 0 bridgehead atoms. The van der Waals surface area contributed by atoms with Crippen molar-refractivity contribution in [1.29, 1.82) is 0 Å². The number of pyridine rings is 1. The van der Waals surface area contributed by atoms with Crippen molar-refractivity contribution in [3.8, 4) is 11.1 Å². The molecule has 8 heteroatoms.